The van der Waals surface area contributed by atoms with Crippen LogP contribution in [0.2, 0.25) is 0 Å². The van der Waals surface area contributed by atoms with E-state index in [4.69, 9.17) is 10.2 Å². The maximum absolute atomic E-state index is 8.78. The second kappa shape index (κ2) is 2.74. The van der Waals surface area contributed by atoms with Gasteiger partial charge >= 0.3 is 0 Å². The van der Waals surface area contributed by atoms with E-state index in [1.165, 1.54) is 13.8 Å². The molecule has 0 aliphatic heterocycles. The van der Waals surface area contributed by atoms with E-state index in [9.17, 15) is 0 Å². The second-order valence-electron chi connectivity index (χ2n) is 1.88. The molecule has 0 aromatic carbocycles. The van der Waals surface area contributed by atoms with Crippen LogP contribution in [0.5, 0.6) is 0 Å². The van der Waals surface area contributed by atoms with Crippen LogP contribution in [0.1, 0.15) is 13.8 Å². The molecule has 0 rings (SSSR count). The van der Waals surface area contributed by atoms with Gasteiger partial charge in [0.05, 0.1) is 0 Å². The summed E-state index contributed by atoms with van der Waals surface area (Å²) in [4.78, 5) is 0. The number of hydrogen-bond acceptors (Lipinski definition) is 4. The summed E-state index contributed by atoms with van der Waals surface area (Å²) < 4.78 is 0. The van der Waals surface area contributed by atoms with Crippen LogP contribution in [0.4, 0.5) is 0 Å². The molecule has 4 heteroatoms. The number of nitrogens with zero attached hydrogens (tertiary/aromatic N) is 2. The van der Waals surface area contributed by atoms with E-state index in [0.717, 1.165) is 0 Å². The SMILES string of the molecule is CC(C)(O)N=NCO. The fourth-order valence-electron chi connectivity index (χ4n) is 0.205. The fourth-order valence-corrected chi connectivity index (χ4v) is 0.205. The standard InChI is InChI=1S/C4H10N2O2/c1-4(2,8)6-5-3-7/h7-8H,3H2,1-2H3. The monoisotopic (exact) mass is 118 g/mol. The predicted molar refractivity (Wildman–Crippen MR) is 28.2 cm³/mol. The van der Waals surface area contributed by atoms with Gasteiger partial charge in [-0.1, -0.05) is 0 Å². The Morgan fingerprint density at radius 3 is 2.12 bits per heavy atom. The molecule has 4 nitrogen and oxygen atoms in total. The van der Waals surface area contributed by atoms with Crippen molar-refractivity contribution in [3.05, 3.63) is 0 Å². The molecule has 0 aliphatic rings. The molecule has 0 heterocycles. The summed E-state index contributed by atoms with van der Waals surface area (Å²) in [6, 6.07) is 0. The first-order valence-electron chi connectivity index (χ1n) is 2.28. The maximum atomic E-state index is 8.78. The van der Waals surface area contributed by atoms with Gasteiger partial charge in [-0.2, -0.15) is 10.2 Å². The predicted octanol–water partition coefficient (Wildman–Crippen LogP) is 0.117. The molecule has 2 N–H and O–H groups in total. The Kier molecular flexibility index (Phi) is 2.57. The van der Waals surface area contributed by atoms with E-state index in [1.807, 2.05) is 0 Å². The van der Waals surface area contributed by atoms with E-state index in [1.54, 1.807) is 0 Å². The number of azo groups is 1. The van der Waals surface area contributed by atoms with Crippen LogP contribution in [0.25, 0.3) is 0 Å². The summed E-state index contributed by atoms with van der Waals surface area (Å²) in [6.45, 7) is 2.59. The smallest absolute Gasteiger partial charge is 0.170 e. The summed E-state index contributed by atoms with van der Waals surface area (Å²) in [5, 5.41) is 23.3. The number of aliphatic hydroxyl groups excluding tert-OH is 1. The Morgan fingerprint density at radius 2 is 2.00 bits per heavy atom. The average molecular weight is 118 g/mol. The maximum Gasteiger partial charge on any atom is 0.170 e. The van der Waals surface area contributed by atoms with Gasteiger partial charge < -0.3 is 10.2 Å². The van der Waals surface area contributed by atoms with Crippen LogP contribution >= 0.6 is 0 Å². The van der Waals surface area contributed by atoms with Crippen molar-refractivity contribution < 1.29 is 10.2 Å². The first kappa shape index (κ1) is 7.52. The third kappa shape index (κ3) is 5.52. The Balaban J connectivity index is 3.52. The van der Waals surface area contributed by atoms with Crippen molar-refractivity contribution in [2.75, 3.05) is 6.73 Å². The van der Waals surface area contributed by atoms with Crippen molar-refractivity contribution >= 4 is 0 Å². The lowest BCUT2D eigenvalue weighted by atomic mass is 10.3. The zero-order valence-electron chi connectivity index (χ0n) is 5.00. The van der Waals surface area contributed by atoms with Crippen molar-refractivity contribution in [3.63, 3.8) is 0 Å². The Hall–Kier alpha value is -0.480. The summed E-state index contributed by atoms with van der Waals surface area (Å²) in [5.74, 6) is 0. The van der Waals surface area contributed by atoms with Gasteiger partial charge in [-0.05, 0) is 13.8 Å². The Labute approximate surface area is 47.9 Å². The minimum absolute atomic E-state index is 0.371. The zero-order valence-corrected chi connectivity index (χ0v) is 5.00. The highest BCUT2D eigenvalue weighted by molar-refractivity contribution is 4.55. The van der Waals surface area contributed by atoms with Crippen LogP contribution in [-0.4, -0.2) is 22.7 Å². The second-order valence-corrected chi connectivity index (χ2v) is 1.88. The van der Waals surface area contributed by atoms with Gasteiger partial charge in [0.2, 0.25) is 0 Å². The van der Waals surface area contributed by atoms with Gasteiger partial charge in [0.15, 0.2) is 12.5 Å². The van der Waals surface area contributed by atoms with E-state index < -0.39 is 5.72 Å². The molecular weight excluding hydrogens is 108 g/mol. The van der Waals surface area contributed by atoms with Crippen molar-refractivity contribution in [2.45, 2.75) is 19.6 Å². The molecule has 0 aromatic heterocycles. The molecular formula is C4H10N2O2. The molecule has 0 aromatic rings. The number of rotatable bonds is 2. The molecule has 0 unspecified atom stereocenters. The van der Waals surface area contributed by atoms with Crippen molar-refractivity contribution in [1.82, 2.24) is 0 Å². The summed E-state index contributed by atoms with van der Waals surface area (Å²) >= 11 is 0. The third-order valence-corrected chi connectivity index (χ3v) is 0.379. The zero-order chi connectivity index (χ0) is 6.62. The van der Waals surface area contributed by atoms with E-state index >= 15 is 0 Å². The topological polar surface area (TPSA) is 65.2 Å². The number of hydrogen-bond donors (Lipinski definition) is 2. The third-order valence-electron chi connectivity index (χ3n) is 0.379. The van der Waals surface area contributed by atoms with E-state index in [-0.39, 0.29) is 6.73 Å². The molecule has 48 valence electrons. The fraction of sp³-hybridized carbons (Fsp3) is 1.00. The normalized spacial score (nSPS) is 13.0. The van der Waals surface area contributed by atoms with Gasteiger partial charge in [0.1, 0.15) is 0 Å². The molecule has 0 fully saturated rings. The van der Waals surface area contributed by atoms with Gasteiger partial charge in [0.25, 0.3) is 0 Å². The Bertz CT molecular complexity index is 84.5. The van der Waals surface area contributed by atoms with Gasteiger partial charge in [0, 0.05) is 0 Å². The number of aliphatic hydroxyl groups is 2. The van der Waals surface area contributed by atoms with Crippen LogP contribution in [0, 0.1) is 0 Å². The highest BCUT2D eigenvalue weighted by Crippen LogP contribution is 2.01. The Morgan fingerprint density at radius 1 is 1.50 bits per heavy atom. The van der Waals surface area contributed by atoms with Gasteiger partial charge in [-0.25, -0.2) is 0 Å². The highest BCUT2D eigenvalue weighted by Gasteiger charge is 2.07. The molecule has 0 atom stereocenters. The van der Waals surface area contributed by atoms with Crippen LogP contribution in [0.15, 0.2) is 10.2 Å². The van der Waals surface area contributed by atoms with Crippen molar-refractivity contribution in [1.29, 1.82) is 0 Å². The minimum atomic E-state index is -1.15. The average Bonchev–Trinajstić information content (AvgIpc) is 1.59. The van der Waals surface area contributed by atoms with E-state index in [0.29, 0.717) is 0 Å². The van der Waals surface area contributed by atoms with Crippen molar-refractivity contribution in [3.8, 4) is 0 Å². The lowest BCUT2D eigenvalue weighted by Crippen LogP contribution is -2.13. The largest absolute Gasteiger partial charge is 0.373 e. The van der Waals surface area contributed by atoms with Crippen LogP contribution < -0.4 is 0 Å². The molecule has 0 amide bonds. The first-order chi connectivity index (χ1) is 3.56. The quantitative estimate of drug-likeness (QED) is 0.505. The molecule has 0 aliphatic carbocycles. The van der Waals surface area contributed by atoms with Gasteiger partial charge in [-0.15, -0.1) is 0 Å². The molecule has 0 radical (unpaired) electrons. The molecule has 8 heavy (non-hydrogen) atoms. The van der Waals surface area contributed by atoms with Crippen molar-refractivity contribution in [2.24, 2.45) is 10.2 Å². The summed E-state index contributed by atoms with van der Waals surface area (Å²) in [6.07, 6.45) is 0. The summed E-state index contributed by atoms with van der Waals surface area (Å²) in [5.41, 5.74) is -1.15. The molecule has 0 saturated heterocycles. The van der Waals surface area contributed by atoms with Crippen LogP contribution in [-0.2, 0) is 0 Å². The molecule has 0 spiro atoms. The van der Waals surface area contributed by atoms with Gasteiger partial charge in [-0.3, -0.25) is 0 Å². The minimum Gasteiger partial charge on any atom is -0.373 e. The summed E-state index contributed by atoms with van der Waals surface area (Å²) in [7, 11) is 0. The van der Waals surface area contributed by atoms with Crippen LogP contribution in [0.3, 0.4) is 0 Å². The molecule has 0 bridgehead atoms. The first-order valence-corrected chi connectivity index (χ1v) is 2.28. The highest BCUT2D eigenvalue weighted by atomic mass is 16.3. The lowest BCUT2D eigenvalue weighted by Gasteiger charge is -2.06. The lowest BCUT2D eigenvalue weighted by molar-refractivity contribution is 0.0782. The molecule has 0 saturated carbocycles. The van der Waals surface area contributed by atoms with E-state index in [2.05, 4.69) is 10.2 Å².